The monoisotopic (exact) mass is 178 g/mol. The van der Waals surface area contributed by atoms with Crippen LogP contribution in [0, 0.1) is 5.92 Å². The van der Waals surface area contributed by atoms with Gasteiger partial charge in [0, 0.05) is 12.2 Å². The molecule has 2 unspecified atom stereocenters. The summed E-state index contributed by atoms with van der Waals surface area (Å²) in [7, 11) is 0. The number of rotatable bonds is 1. The lowest BCUT2D eigenvalue weighted by Gasteiger charge is -2.25. The minimum absolute atomic E-state index is 0.696. The number of aromatic nitrogens is 2. The molecule has 0 amide bonds. The summed E-state index contributed by atoms with van der Waals surface area (Å²) in [5.41, 5.74) is 2.97. The number of aryl methyl sites for hydroxylation is 1. The van der Waals surface area contributed by atoms with E-state index >= 15 is 0 Å². The Morgan fingerprint density at radius 2 is 2.31 bits per heavy atom. The van der Waals surface area contributed by atoms with Crippen molar-refractivity contribution in [2.24, 2.45) is 5.92 Å². The zero-order valence-corrected chi connectivity index (χ0v) is 8.75. The van der Waals surface area contributed by atoms with E-state index in [1.165, 1.54) is 24.1 Å². The van der Waals surface area contributed by atoms with Crippen LogP contribution in [0.25, 0.3) is 0 Å². The molecule has 0 aliphatic heterocycles. The Morgan fingerprint density at radius 3 is 3.00 bits per heavy atom. The second kappa shape index (κ2) is 3.17. The fraction of sp³-hybridized carbons (Fsp3) is 0.727. The fourth-order valence-corrected chi connectivity index (χ4v) is 2.59. The molecule has 1 aromatic rings. The van der Waals surface area contributed by atoms with E-state index in [2.05, 4.69) is 36.7 Å². The number of nitrogens with zero attached hydrogens (tertiary/aromatic N) is 2. The lowest BCUT2D eigenvalue weighted by molar-refractivity contribution is 0.426. The van der Waals surface area contributed by atoms with E-state index in [-0.39, 0.29) is 0 Å². The second-order valence-electron chi connectivity index (χ2n) is 4.32. The molecule has 2 atom stereocenters. The standard InChI is InChI=1S/C11H18N2/c1-4-13-11-9(3)5-8(2)6-10(11)7-12-13/h7-9H,4-6H2,1-3H3. The van der Waals surface area contributed by atoms with E-state index in [1.54, 1.807) is 0 Å². The zero-order valence-electron chi connectivity index (χ0n) is 8.75. The molecule has 0 spiro atoms. The maximum atomic E-state index is 4.42. The smallest absolute Gasteiger partial charge is 0.0524 e. The van der Waals surface area contributed by atoms with Gasteiger partial charge in [-0.1, -0.05) is 13.8 Å². The topological polar surface area (TPSA) is 17.8 Å². The molecule has 1 aliphatic carbocycles. The predicted octanol–water partition coefficient (Wildman–Crippen LogP) is 2.59. The van der Waals surface area contributed by atoms with Gasteiger partial charge in [0.25, 0.3) is 0 Å². The molecule has 1 aliphatic rings. The average molecular weight is 178 g/mol. The fourth-order valence-electron chi connectivity index (χ4n) is 2.59. The summed E-state index contributed by atoms with van der Waals surface area (Å²) >= 11 is 0. The molecular weight excluding hydrogens is 160 g/mol. The summed E-state index contributed by atoms with van der Waals surface area (Å²) in [6.07, 6.45) is 4.60. The zero-order chi connectivity index (χ0) is 9.42. The quantitative estimate of drug-likeness (QED) is 0.646. The minimum atomic E-state index is 0.696. The van der Waals surface area contributed by atoms with Crippen molar-refractivity contribution in [1.82, 2.24) is 9.78 Å². The lowest BCUT2D eigenvalue weighted by Crippen LogP contribution is -2.17. The Morgan fingerprint density at radius 1 is 1.54 bits per heavy atom. The predicted molar refractivity (Wildman–Crippen MR) is 53.8 cm³/mol. The molecule has 2 rings (SSSR count). The number of fused-ring (bicyclic) bond motifs is 1. The summed E-state index contributed by atoms with van der Waals surface area (Å²) in [5.74, 6) is 1.53. The first kappa shape index (κ1) is 8.79. The van der Waals surface area contributed by atoms with Crippen molar-refractivity contribution in [3.63, 3.8) is 0 Å². The van der Waals surface area contributed by atoms with Crippen molar-refractivity contribution in [1.29, 1.82) is 0 Å². The molecule has 2 nitrogen and oxygen atoms in total. The third-order valence-corrected chi connectivity index (χ3v) is 3.05. The largest absolute Gasteiger partial charge is 0.269 e. The maximum absolute atomic E-state index is 4.42. The maximum Gasteiger partial charge on any atom is 0.0524 e. The molecule has 0 N–H and O–H groups in total. The van der Waals surface area contributed by atoms with E-state index in [0.29, 0.717) is 5.92 Å². The molecule has 0 radical (unpaired) electrons. The van der Waals surface area contributed by atoms with E-state index in [1.807, 2.05) is 0 Å². The van der Waals surface area contributed by atoms with Crippen LogP contribution in [0.4, 0.5) is 0 Å². The highest BCUT2D eigenvalue weighted by atomic mass is 15.3. The molecular formula is C11H18N2. The molecule has 1 heterocycles. The Balaban J connectivity index is 2.40. The summed E-state index contributed by atoms with van der Waals surface area (Å²) in [6.45, 7) is 7.83. The van der Waals surface area contributed by atoms with Crippen molar-refractivity contribution in [3.05, 3.63) is 17.5 Å². The van der Waals surface area contributed by atoms with Gasteiger partial charge in [-0.2, -0.15) is 5.10 Å². The molecule has 0 saturated carbocycles. The van der Waals surface area contributed by atoms with Gasteiger partial charge in [-0.25, -0.2) is 0 Å². The van der Waals surface area contributed by atoms with Crippen molar-refractivity contribution < 1.29 is 0 Å². The third kappa shape index (κ3) is 1.38. The highest BCUT2D eigenvalue weighted by Crippen LogP contribution is 2.33. The van der Waals surface area contributed by atoms with Gasteiger partial charge in [0.05, 0.1) is 6.20 Å². The number of hydrogen-bond acceptors (Lipinski definition) is 1. The first-order chi connectivity index (χ1) is 6.22. The van der Waals surface area contributed by atoms with Crippen LogP contribution in [0.3, 0.4) is 0 Å². The van der Waals surface area contributed by atoms with Gasteiger partial charge < -0.3 is 0 Å². The molecule has 0 aromatic carbocycles. The van der Waals surface area contributed by atoms with Crippen LogP contribution in [0.5, 0.6) is 0 Å². The molecule has 0 saturated heterocycles. The minimum Gasteiger partial charge on any atom is -0.269 e. The van der Waals surface area contributed by atoms with Gasteiger partial charge in [-0.15, -0.1) is 0 Å². The Kier molecular flexibility index (Phi) is 2.14. The average Bonchev–Trinajstić information content (AvgIpc) is 2.47. The lowest BCUT2D eigenvalue weighted by atomic mass is 9.82. The van der Waals surface area contributed by atoms with Crippen LogP contribution in [-0.2, 0) is 13.0 Å². The van der Waals surface area contributed by atoms with Gasteiger partial charge >= 0.3 is 0 Å². The number of hydrogen-bond donors (Lipinski definition) is 0. The Labute approximate surface area is 80.0 Å². The van der Waals surface area contributed by atoms with Crippen molar-refractivity contribution in [3.8, 4) is 0 Å². The summed E-state index contributed by atoms with van der Waals surface area (Å²) < 4.78 is 2.16. The van der Waals surface area contributed by atoms with Gasteiger partial charge in [0.1, 0.15) is 0 Å². The van der Waals surface area contributed by atoms with E-state index in [9.17, 15) is 0 Å². The molecule has 0 fully saturated rings. The summed E-state index contributed by atoms with van der Waals surface area (Å²) in [4.78, 5) is 0. The van der Waals surface area contributed by atoms with Crippen molar-refractivity contribution in [2.45, 2.75) is 46.1 Å². The van der Waals surface area contributed by atoms with E-state index in [4.69, 9.17) is 0 Å². The molecule has 0 bridgehead atoms. The van der Waals surface area contributed by atoms with Gasteiger partial charge in [-0.3, -0.25) is 4.68 Å². The van der Waals surface area contributed by atoms with E-state index in [0.717, 1.165) is 12.5 Å². The molecule has 72 valence electrons. The first-order valence-electron chi connectivity index (χ1n) is 5.27. The third-order valence-electron chi connectivity index (χ3n) is 3.05. The van der Waals surface area contributed by atoms with Gasteiger partial charge in [-0.05, 0) is 37.2 Å². The second-order valence-corrected chi connectivity index (χ2v) is 4.32. The van der Waals surface area contributed by atoms with Crippen molar-refractivity contribution >= 4 is 0 Å². The summed E-state index contributed by atoms with van der Waals surface area (Å²) in [5, 5.41) is 4.42. The highest BCUT2D eigenvalue weighted by Gasteiger charge is 2.24. The Bertz CT molecular complexity index is 301. The van der Waals surface area contributed by atoms with Crippen LogP contribution in [0.2, 0.25) is 0 Å². The highest BCUT2D eigenvalue weighted by molar-refractivity contribution is 5.25. The first-order valence-corrected chi connectivity index (χ1v) is 5.27. The molecule has 13 heavy (non-hydrogen) atoms. The molecule has 1 aromatic heterocycles. The van der Waals surface area contributed by atoms with E-state index < -0.39 is 0 Å². The van der Waals surface area contributed by atoms with Crippen LogP contribution in [-0.4, -0.2) is 9.78 Å². The van der Waals surface area contributed by atoms with Gasteiger partial charge in [0.2, 0.25) is 0 Å². The van der Waals surface area contributed by atoms with Crippen molar-refractivity contribution in [2.75, 3.05) is 0 Å². The SMILES string of the molecule is CCn1ncc2c1C(C)CC(C)C2. The van der Waals surface area contributed by atoms with Crippen LogP contribution in [0.15, 0.2) is 6.20 Å². The van der Waals surface area contributed by atoms with Crippen LogP contribution < -0.4 is 0 Å². The normalized spacial score (nSPS) is 27.3. The Hall–Kier alpha value is -0.790. The van der Waals surface area contributed by atoms with Crippen LogP contribution in [0.1, 0.15) is 44.4 Å². The summed E-state index contributed by atoms with van der Waals surface area (Å²) in [6, 6.07) is 0. The van der Waals surface area contributed by atoms with Gasteiger partial charge in [0.15, 0.2) is 0 Å². The van der Waals surface area contributed by atoms with Crippen LogP contribution >= 0.6 is 0 Å². The molecule has 2 heteroatoms.